The Balaban J connectivity index is 1.80. The van der Waals surface area contributed by atoms with E-state index in [4.69, 9.17) is 4.74 Å². The van der Waals surface area contributed by atoms with Gasteiger partial charge in [0.2, 0.25) is 5.91 Å². The fourth-order valence-corrected chi connectivity index (χ4v) is 4.82. The number of methoxy groups -OCH3 is 1. The molecule has 1 atom stereocenters. The van der Waals surface area contributed by atoms with Gasteiger partial charge in [-0.15, -0.1) is 11.3 Å². The zero-order chi connectivity index (χ0) is 23.5. The number of amides is 4. The molecule has 2 N–H and O–H groups in total. The first-order valence-corrected chi connectivity index (χ1v) is 11.3. The third-order valence-corrected chi connectivity index (χ3v) is 6.36. The molecule has 3 rings (SSSR count). The molecule has 1 aromatic carbocycles. The zero-order valence-electron chi connectivity index (χ0n) is 18.6. The Morgan fingerprint density at radius 2 is 1.91 bits per heavy atom. The SMILES string of the molecule is CCC1(c2ccccc2)NC(=O)N(CC(=O)Nc2scc(CC(C)C)c2C(=O)OC)C1=O. The highest BCUT2D eigenvalue weighted by Crippen LogP contribution is 2.33. The molecule has 1 unspecified atom stereocenters. The molecule has 0 aliphatic carbocycles. The molecule has 1 aliphatic heterocycles. The number of nitrogens with zero attached hydrogens (tertiary/aromatic N) is 1. The van der Waals surface area contributed by atoms with Gasteiger partial charge >= 0.3 is 12.0 Å². The Morgan fingerprint density at radius 1 is 1.22 bits per heavy atom. The predicted octanol–water partition coefficient (Wildman–Crippen LogP) is 3.53. The van der Waals surface area contributed by atoms with Crippen LogP contribution in [0.2, 0.25) is 0 Å². The van der Waals surface area contributed by atoms with E-state index in [0.29, 0.717) is 34.9 Å². The Labute approximate surface area is 190 Å². The fourth-order valence-electron chi connectivity index (χ4n) is 3.84. The molecule has 170 valence electrons. The number of hydrogen-bond donors (Lipinski definition) is 2. The minimum absolute atomic E-state index is 0.308. The first-order chi connectivity index (χ1) is 15.2. The number of rotatable bonds is 8. The van der Waals surface area contributed by atoms with Crippen LogP contribution in [0.25, 0.3) is 0 Å². The van der Waals surface area contributed by atoms with Crippen molar-refractivity contribution in [3.63, 3.8) is 0 Å². The van der Waals surface area contributed by atoms with Crippen LogP contribution in [-0.4, -0.2) is 42.4 Å². The number of carbonyl (C=O) groups is 4. The normalized spacial score (nSPS) is 18.1. The van der Waals surface area contributed by atoms with Crippen LogP contribution in [0.3, 0.4) is 0 Å². The van der Waals surface area contributed by atoms with E-state index >= 15 is 0 Å². The van der Waals surface area contributed by atoms with E-state index in [2.05, 4.69) is 10.6 Å². The van der Waals surface area contributed by atoms with Gasteiger partial charge in [-0.25, -0.2) is 9.59 Å². The van der Waals surface area contributed by atoms with E-state index in [-0.39, 0.29) is 0 Å². The van der Waals surface area contributed by atoms with E-state index in [0.717, 1.165) is 10.5 Å². The highest BCUT2D eigenvalue weighted by atomic mass is 32.1. The van der Waals surface area contributed by atoms with Crippen molar-refractivity contribution >= 4 is 40.2 Å². The van der Waals surface area contributed by atoms with Crippen LogP contribution < -0.4 is 10.6 Å². The van der Waals surface area contributed by atoms with Gasteiger partial charge in [0, 0.05) is 0 Å². The van der Waals surface area contributed by atoms with Crippen LogP contribution >= 0.6 is 11.3 Å². The van der Waals surface area contributed by atoms with E-state index in [1.807, 2.05) is 25.3 Å². The number of urea groups is 1. The summed E-state index contributed by atoms with van der Waals surface area (Å²) in [7, 11) is 1.28. The average molecular weight is 458 g/mol. The van der Waals surface area contributed by atoms with Gasteiger partial charge in [-0.1, -0.05) is 51.1 Å². The monoisotopic (exact) mass is 457 g/mol. The molecule has 0 spiro atoms. The van der Waals surface area contributed by atoms with Crippen LogP contribution in [0.4, 0.5) is 9.80 Å². The Kier molecular flexibility index (Phi) is 6.98. The highest BCUT2D eigenvalue weighted by Gasteiger charge is 2.51. The average Bonchev–Trinajstić information content (AvgIpc) is 3.26. The Hall–Kier alpha value is -3.20. The molecule has 0 saturated carbocycles. The van der Waals surface area contributed by atoms with Gasteiger partial charge in [-0.3, -0.25) is 14.5 Å². The van der Waals surface area contributed by atoms with Crippen LogP contribution in [0, 0.1) is 5.92 Å². The number of esters is 1. The number of carbonyl (C=O) groups excluding carboxylic acids is 4. The van der Waals surface area contributed by atoms with Gasteiger partial charge in [0.1, 0.15) is 17.1 Å². The summed E-state index contributed by atoms with van der Waals surface area (Å²) < 4.78 is 4.89. The highest BCUT2D eigenvalue weighted by molar-refractivity contribution is 7.15. The molecule has 2 aromatic rings. The van der Waals surface area contributed by atoms with Crippen molar-refractivity contribution in [1.29, 1.82) is 0 Å². The smallest absolute Gasteiger partial charge is 0.341 e. The molecule has 1 fully saturated rings. The van der Waals surface area contributed by atoms with Crippen LogP contribution in [0.1, 0.15) is 48.7 Å². The zero-order valence-corrected chi connectivity index (χ0v) is 19.4. The molecule has 8 nitrogen and oxygen atoms in total. The quantitative estimate of drug-likeness (QED) is 0.466. The van der Waals surface area contributed by atoms with Crippen LogP contribution in [0.5, 0.6) is 0 Å². The lowest BCUT2D eigenvalue weighted by molar-refractivity contribution is -0.134. The minimum Gasteiger partial charge on any atom is -0.465 e. The first kappa shape index (κ1) is 23.5. The second-order valence-corrected chi connectivity index (χ2v) is 8.93. The van der Waals surface area contributed by atoms with Crippen molar-refractivity contribution in [2.45, 2.75) is 39.2 Å². The lowest BCUT2D eigenvalue weighted by Gasteiger charge is -2.25. The summed E-state index contributed by atoms with van der Waals surface area (Å²) in [5.41, 5.74) is 0.553. The maximum atomic E-state index is 13.2. The van der Waals surface area contributed by atoms with Crippen molar-refractivity contribution < 1.29 is 23.9 Å². The lowest BCUT2D eigenvalue weighted by atomic mass is 9.87. The maximum Gasteiger partial charge on any atom is 0.341 e. The van der Waals surface area contributed by atoms with Gasteiger partial charge in [-0.2, -0.15) is 0 Å². The standard InChI is InChI=1S/C23H27N3O5S/c1-5-23(16-9-7-6-8-10-16)21(29)26(22(30)25-23)12-17(27)24-19-18(20(28)31-4)15(13-32-19)11-14(2)3/h6-10,13-14H,5,11-12H2,1-4H3,(H,24,27)(H,25,30). The van der Waals surface area contributed by atoms with E-state index in [9.17, 15) is 19.2 Å². The molecular formula is C23H27N3O5S. The molecule has 1 aliphatic rings. The van der Waals surface area contributed by atoms with Gasteiger partial charge in [0.15, 0.2) is 0 Å². The summed E-state index contributed by atoms with van der Waals surface area (Å²) in [5, 5.41) is 7.58. The molecule has 0 radical (unpaired) electrons. The van der Waals surface area contributed by atoms with Crippen molar-refractivity contribution in [3.05, 3.63) is 52.4 Å². The van der Waals surface area contributed by atoms with Crippen molar-refractivity contribution in [2.24, 2.45) is 5.92 Å². The predicted molar refractivity (Wildman–Crippen MR) is 121 cm³/mol. The number of nitrogens with one attached hydrogen (secondary N) is 2. The number of hydrogen-bond acceptors (Lipinski definition) is 6. The minimum atomic E-state index is -1.21. The van der Waals surface area contributed by atoms with E-state index in [1.54, 1.807) is 31.2 Å². The van der Waals surface area contributed by atoms with Gasteiger partial charge in [0.25, 0.3) is 5.91 Å². The second kappa shape index (κ2) is 9.52. The fraction of sp³-hybridized carbons (Fsp3) is 0.391. The molecule has 1 saturated heterocycles. The molecule has 9 heteroatoms. The summed E-state index contributed by atoms with van der Waals surface area (Å²) in [6.07, 6.45) is 0.996. The topological polar surface area (TPSA) is 105 Å². The molecule has 4 amide bonds. The molecule has 1 aromatic heterocycles. The molecule has 0 bridgehead atoms. The van der Waals surface area contributed by atoms with E-state index < -0.39 is 35.9 Å². The van der Waals surface area contributed by atoms with E-state index in [1.165, 1.54) is 18.4 Å². The van der Waals surface area contributed by atoms with Crippen molar-refractivity contribution in [1.82, 2.24) is 10.2 Å². The maximum absolute atomic E-state index is 13.2. The Morgan fingerprint density at radius 3 is 2.50 bits per heavy atom. The van der Waals surface area contributed by atoms with Crippen molar-refractivity contribution in [2.75, 3.05) is 19.0 Å². The number of imide groups is 1. The van der Waals surface area contributed by atoms with Crippen LogP contribution in [-0.2, 0) is 26.3 Å². The van der Waals surface area contributed by atoms with Gasteiger partial charge < -0.3 is 15.4 Å². The number of benzene rings is 1. The number of ether oxygens (including phenoxy) is 1. The number of anilines is 1. The molecular weight excluding hydrogens is 430 g/mol. The summed E-state index contributed by atoms with van der Waals surface area (Å²) in [4.78, 5) is 51.8. The van der Waals surface area contributed by atoms with Gasteiger partial charge in [0.05, 0.1) is 12.7 Å². The second-order valence-electron chi connectivity index (χ2n) is 8.05. The summed E-state index contributed by atoms with van der Waals surface area (Å²) >= 11 is 1.21. The first-order valence-electron chi connectivity index (χ1n) is 10.4. The summed E-state index contributed by atoms with van der Waals surface area (Å²) in [6, 6.07) is 8.33. The molecule has 32 heavy (non-hydrogen) atoms. The third-order valence-electron chi connectivity index (χ3n) is 5.41. The summed E-state index contributed by atoms with van der Waals surface area (Å²) in [5.74, 6) is -1.29. The third kappa shape index (κ3) is 4.38. The Bertz CT molecular complexity index is 1030. The van der Waals surface area contributed by atoms with Gasteiger partial charge in [-0.05, 0) is 35.3 Å². The number of thiophene rings is 1. The molecule has 2 heterocycles. The summed E-state index contributed by atoms with van der Waals surface area (Å²) in [6.45, 7) is 5.40. The van der Waals surface area contributed by atoms with Crippen molar-refractivity contribution in [3.8, 4) is 0 Å². The lowest BCUT2D eigenvalue weighted by Crippen LogP contribution is -2.44. The largest absolute Gasteiger partial charge is 0.465 e. The van der Waals surface area contributed by atoms with Crippen LogP contribution in [0.15, 0.2) is 35.7 Å².